The molecule has 3 rings (SSSR count). The normalized spacial score (nSPS) is 14.0. The SMILES string of the molecule is N#CC(C(=O)O)C(=O)c1ccccc1N1C(=O)c2ccccc2C1=O. The number of para-hydroxylation sites is 1. The summed E-state index contributed by atoms with van der Waals surface area (Å²) in [6.45, 7) is 0. The largest absolute Gasteiger partial charge is 0.480 e. The minimum atomic E-state index is -1.92. The van der Waals surface area contributed by atoms with Crippen LogP contribution >= 0.6 is 0 Å². The number of carbonyl (C=O) groups is 4. The van der Waals surface area contributed by atoms with E-state index in [2.05, 4.69) is 0 Å². The van der Waals surface area contributed by atoms with E-state index >= 15 is 0 Å². The van der Waals surface area contributed by atoms with E-state index in [4.69, 9.17) is 10.4 Å². The molecule has 0 bridgehead atoms. The molecule has 2 aromatic carbocycles. The van der Waals surface area contributed by atoms with Crippen molar-refractivity contribution >= 4 is 29.3 Å². The average molecular weight is 334 g/mol. The topological polar surface area (TPSA) is 116 Å². The molecule has 7 heteroatoms. The highest BCUT2D eigenvalue weighted by Crippen LogP contribution is 2.31. The van der Waals surface area contributed by atoms with Crippen LogP contribution in [0.1, 0.15) is 31.1 Å². The smallest absolute Gasteiger partial charge is 0.329 e. The second kappa shape index (κ2) is 6.02. The molecule has 122 valence electrons. The molecule has 25 heavy (non-hydrogen) atoms. The van der Waals surface area contributed by atoms with Crippen LogP contribution in [0.3, 0.4) is 0 Å². The van der Waals surface area contributed by atoms with Gasteiger partial charge in [0.1, 0.15) is 0 Å². The van der Waals surface area contributed by atoms with Crippen LogP contribution in [0.5, 0.6) is 0 Å². The van der Waals surface area contributed by atoms with Crippen molar-refractivity contribution in [1.29, 1.82) is 5.26 Å². The summed E-state index contributed by atoms with van der Waals surface area (Å²) in [6, 6.07) is 13.3. The van der Waals surface area contributed by atoms with Gasteiger partial charge in [0, 0.05) is 5.56 Å². The Bertz CT molecular complexity index is 938. The fourth-order valence-electron chi connectivity index (χ4n) is 2.67. The quantitative estimate of drug-likeness (QED) is 0.518. The molecule has 1 aliphatic rings. The lowest BCUT2D eigenvalue weighted by molar-refractivity contribution is -0.138. The molecule has 0 radical (unpaired) electrons. The van der Waals surface area contributed by atoms with E-state index in [1.54, 1.807) is 12.1 Å². The maximum Gasteiger partial charge on any atom is 0.329 e. The van der Waals surface area contributed by atoms with E-state index in [-0.39, 0.29) is 22.4 Å². The molecule has 0 fully saturated rings. The van der Waals surface area contributed by atoms with E-state index in [1.165, 1.54) is 42.5 Å². The van der Waals surface area contributed by atoms with Crippen molar-refractivity contribution in [3.05, 3.63) is 65.2 Å². The van der Waals surface area contributed by atoms with Gasteiger partial charge in [-0.15, -0.1) is 0 Å². The second-order valence-electron chi connectivity index (χ2n) is 5.27. The van der Waals surface area contributed by atoms with Gasteiger partial charge in [-0.2, -0.15) is 5.26 Å². The molecule has 1 heterocycles. The van der Waals surface area contributed by atoms with E-state index in [0.717, 1.165) is 4.90 Å². The number of anilines is 1. The third kappa shape index (κ3) is 2.46. The molecule has 0 saturated heterocycles. The Morgan fingerprint density at radius 2 is 1.48 bits per heavy atom. The number of ketones is 1. The van der Waals surface area contributed by atoms with Crippen LogP contribution in [0.2, 0.25) is 0 Å². The third-order valence-electron chi connectivity index (χ3n) is 3.84. The number of rotatable bonds is 4. The van der Waals surface area contributed by atoms with E-state index < -0.39 is 29.5 Å². The minimum Gasteiger partial charge on any atom is -0.480 e. The summed E-state index contributed by atoms with van der Waals surface area (Å²) in [7, 11) is 0. The number of carboxylic acids is 1. The predicted molar refractivity (Wildman–Crippen MR) is 85.1 cm³/mol. The van der Waals surface area contributed by atoms with Gasteiger partial charge < -0.3 is 5.11 Å². The number of nitrogens with zero attached hydrogens (tertiary/aromatic N) is 2. The van der Waals surface area contributed by atoms with Crippen molar-refractivity contribution < 1.29 is 24.3 Å². The Labute approximate surface area is 141 Å². The maximum absolute atomic E-state index is 12.6. The van der Waals surface area contributed by atoms with Gasteiger partial charge in [0.15, 0.2) is 5.78 Å². The summed E-state index contributed by atoms with van der Waals surface area (Å²) in [5.41, 5.74) is 0.181. The van der Waals surface area contributed by atoms with Gasteiger partial charge >= 0.3 is 5.97 Å². The predicted octanol–water partition coefficient (Wildman–Crippen LogP) is 1.89. The van der Waals surface area contributed by atoms with Crippen LogP contribution in [-0.4, -0.2) is 28.7 Å². The van der Waals surface area contributed by atoms with Crippen LogP contribution < -0.4 is 4.90 Å². The number of carboxylic acid groups (broad SMARTS) is 1. The lowest BCUT2D eigenvalue weighted by Crippen LogP contribution is -2.32. The number of carbonyl (C=O) groups excluding carboxylic acids is 3. The summed E-state index contributed by atoms with van der Waals surface area (Å²) in [5.74, 6) is -5.71. The molecule has 2 amide bonds. The summed E-state index contributed by atoms with van der Waals surface area (Å²) in [6.07, 6.45) is 0. The van der Waals surface area contributed by atoms with Gasteiger partial charge in [0.05, 0.1) is 22.9 Å². The van der Waals surface area contributed by atoms with Gasteiger partial charge in [0.2, 0.25) is 5.92 Å². The molecule has 2 aromatic rings. The van der Waals surface area contributed by atoms with Crippen LogP contribution in [0.25, 0.3) is 0 Å². The van der Waals surface area contributed by atoms with Crippen molar-refractivity contribution in [3.63, 3.8) is 0 Å². The van der Waals surface area contributed by atoms with Crippen molar-refractivity contribution in [2.75, 3.05) is 4.90 Å². The molecule has 7 nitrogen and oxygen atoms in total. The number of nitriles is 1. The number of imide groups is 1. The Hall–Kier alpha value is -3.79. The Morgan fingerprint density at radius 3 is 2.00 bits per heavy atom. The second-order valence-corrected chi connectivity index (χ2v) is 5.27. The van der Waals surface area contributed by atoms with Crippen molar-refractivity contribution in [1.82, 2.24) is 0 Å². The van der Waals surface area contributed by atoms with Gasteiger partial charge in [-0.25, -0.2) is 4.90 Å². The molecule has 0 aromatic heterocycles. The van der Waals surface area contributed by atoms with Gasteiger partial charge in [0.25, 0.3) is 11.8 Å². The maximum atomic E-state index is 12.6. The Balaban J connectivity index is 2.11. The zero-order valence-corrected chi connectivity index (χ0v) is 12.7. The first-order chi connectivity index (χ1) is 12.0. The number of Topliss-reactive ketones (excluding diaryl/α,β-unsaturated/α-hetero) is 1. The van der Waals surface area contributed by atoms with Crippen molar-refractivity contribution in [2.45, 2.75) is 0 Å². The average Bonchev–Trinajstić information content (AvgIpc) is 2.86. The van der Waals surface area contributed by atoms with Crippen LogP contribution in [0.4, 0.5) is 5.69 Å². The highest BCUT2D eigenvalue weighted by atomic mass is 16.4. The molecular formula is C18H10N2O5. The molecule has 1 N–H and O–H groups in total. The lowest BCUT2D eigenvalue weighted by Gasteiger charge is -2.18. The number of hydrogen-bond donors (Lipinski definition) is 1. The summed E-state index contributed by atoms with van der Waals surface area (Å²) in [5, 5.41) is 17.9. The van der Waals surface area contributed by atoms with Gasteiger partial charge in [-0.3, -0.25) is 19.2 Å². The number of hydrogen-bond acceptors (Lipinski definition) is 5. The van der Waals surface area contributed by atoms with Crippen molar-refractivity contribution in [2.24, 2.45) is 5.92 Å². The van der Waals surface area contributed by atoms with E-state index in [0.29, 0.717) is 0 Å². The fraction of sp³-hybridized carbons (Fsp3) is 0.0556. The summed E-state index contributed by atoms with van der Waals surface area (Å²) >= 11 is 0. The fourth-order valence-corrected chi connectivity index (χ4v) is 2.67. The minimum absolute atomic E-state index is 0.0415. The van der Waals surface area contributed by atoms with E-state index in [1.807, 2.05) is 0 Å². The number of benzene rings is 2. The Kier molecular flexibility index (Phi) is 3.87. The van der Waals surface area contributed by atoms with Crippen LogP contribution in [0, 0.1) is 17.2 Å². The van der Waals surface area contributed by atoms with Gasteiger partial charge in [-0.1, -0.05) is 24.3 Å². The summed E-state index contributed by atoms with van der Waals surface area (Å²) < 4.78 is 0. The van der Waals surface area contributed by atoms with Crippen LogP contribution in [0.15, 0.2) is 48.5 Å². The monoisotopic (exact) mass is 334 g/mol. The first kappa shape index (κ1) is 16.1. The first-order valence-corrected chi connectivity index (χ1v) is 7.21. The summed E-state index contributed by atoms with van der Waals surface area (Å²) in [4.78, 5) is 49.5. The zero-order chi connectivity index (χ0) is 18.1. The third-order valence-corrected chi connectivity index (χ3v) is 3.84. The molecule has 1 unspecified atom stereocenters. The number of aliphatic carboxylic acids is 1. The molecule has 0 aliphatic carbocycles. The molecule has 1 atom stereocenters. The molecule has 0 saturated carbocycles. The highest BCUT2D eigenvalue weighted by Gasteiger charge is 2.39. The first-order valence-electron chi connectivity index (χ1n) is 7.21. The van der Waals surface area contributed by atoms with Crippen LogP contribution in [-0.2, 0) is 4.79 Å². The number of amides is 2. The number of fused-ring (bicyclic) bond motifs is 1. The zero-order valence-electron chi connectivity index (χ0n) is 12.7. The van der Waals surface area contributed by atoms with Crippen molar-refractivity contribution in [3.8, 4) is 6.07 Å². The van der Waals surface area contributed by atoms with Gasteiger partial charge in [-0.05, 0) is 24.3 Å². The lowest BCUT2D eigenvalue weighted by atomic mass is 9.97. The Morgan fingerprint density at radius 1 is 0.960 bits per heavy atom. The molecule has 1 aliphatic heterocycles. The van der Waals surface area contributed by atoms with E-state index in [9.17, 15) is 19.2 Å². The highest BCUT2D eigenvalue weighted by molar-refractivity contribution is 6.35. The molecule has 0 spiro atoms. The molecular weight excluding hydrogens is 324 g/mol. The standard InChI is InChI=1S/C18H10N2O5/c19-9-13(18(24)25)15(21)12-7-3-4-8-14(12)20-16(22)10-5-1-2-6-11(10)17(20)23/h1-8,13H,(H,24,25).